The highest BCUT2D eigenvalue weighted by atomic mass is 32.1. The predicted octanol–water partition coefficient (Wildman–Crippen LogP) is 3.26. The van der Waals surface area contributed by atoms with Crippen LogP contribution in [0.4, 0.5) is 17.6 Å². The lowest BCUT2D eigenvalue weighted by atomic mass is 9.92. The second-order valence-electron chi connectivity index (χ2n) is 7.83. The molecule has 2 fully saturated rings. The number of hydrogen-bond donors (Lipinski definition) is 2. The number of anilines is 3. The molecule has 2 saturated heterocycles. The Morgan fingerprint density at radius 3 is 2.35 bits per heavy atom. The zero-order valence-corrected chi connectivity index (χ0v) is 17.1. The first-order valence-electron chi connectivity index (χ1n) is 9.99. The minimum absolute atomic E-state index is 0.594. The summed E-state index contributed by atoms with van der Waals surface area (Å²) in [6.07, 6.45) is 4.79. The third-order valence-corrected chi connectivity index (χ3v) is 5.33. The molecule has 3 rings (SSSR count). The van der Waals surface area contributed by atoms with Crippen LogP contribution in [0.5, 0.6) is 0 Å². The monoisotopic (exact) mass is 376 g/mol. The molecule has 2 aliphatic rings. The van der Waals surface area contributed by atoms with Crippen molar-refractivity contribution in [3.8, 4) is 0 Å². The fraction of sp³-hybridized carbons (Fsp3) is 0.737. The first-order chi connectivity index (χ1) is 12.5. The fourth-order valence-corrected chi connectivity index (χ4v) is 4.18. The summed E-state index contributed by atoms with van der Waals surface area (Å²) < 4.78 is 0. The number of hydrogen-bond acceptors (Lipinski definition) is 5. The van der Waals surface area contributed by atoms with Gasteiger partial charge in [-0.05, 0) is 49.7 Å². The van der Waals surface area contributed by atoms with E-state index in [9.17, 15) is 0 Å². The van der Waals surface area contributed by atoms with E-state index in [2.05, 4.69) is 47.3 Å². The Hall–Kier alpha value is -1.63. The number of piperidine rings is 1. The van der Waals surface area contributed by atoms with Crippen molar-refractivity contribution in [2.45, 2.75) is 46.5 Å². The van der Waals surface area contributed by atoms with E-state index in [-0.39, 0.29) is 0 Å². The molecular formula is C19H32N6S. The smallest absolute Gasteiger partial charge is 0.232 e. The van der Waals surface area contributed by atoms with Crippen LogP contribution in [0.25, 0.3) is 0 Å². The predicted molar refractivity (Wildman–Crippen MR) is 113 cm³/mol. The maximum atomic E-state index is 5.39. The van der Waals surface area contributed by atoms with E-state index >= 15 is 0 Å². The highest BCUT2D eigenvalue weighted by molar-refractivity contribution is 7.80. The number of thiocarbonyl (C=S) groups is 1. The number of nitrogens with one attached hydrogen (secondary N) is 2. The van der Waals surface area contributed by atoms with Crippen LogP contribution in [0, 0.1) is 11.8 Å². The van der Waals surface area contributed by atoms with Crippen molar-refractivity contribution in [1.29, 1.82) is 0 Å². The van der Waals surface area contributed by atoms with Crippen molar-refractivity contribution in [2.24, 2.45) is 11.8 Å². The summed E-state index contributed by atoms with van der Waals surface area (Å²) in [5.74, 6) is 4.00. The van der Waals surface area contributed by atoms with E-state index in [1.54, 1.807) is 0 Å². The van der Waals surface area contributed by atoms with Crippen LogP contribution in [0.2, 0.25) is 0 Å². The van der Waals surface area contributed by atoms with E-state index in [4.69, 9.17) is 22.2 Å². The summed E-state index contributed by atoms with van der Waals surface area (Å²) in [7, 11) is 0. The minimum Gasteiger partial charge on any atom is -0.362 e. The number of rotatable bonds is 5. The van der Waals surface area contributed by atoms with Crippen LogP contribution in [0.15, 0.2) is 6.07 Å². The molecule has 2 atom stereocenters. The molecule has 1 aromatic rings. The molecule has 0 unspecified atom stereocenters. The van der Waals surface area contributed by atoms with Crippen molar-refractivity contribution in [1.82, 2.24) is 15.3 Å². The molecule has 26 heavy (non-hydrogen) atoms. The van der Waals surface area contributed by atoms with E-state index < -0.39 is 0 Å². The second-order valence-corrected chi connectivity index (χ2v) is 8.24. The molecule has 144 valence electrons. The Labute approximate surface area is 162 Å². The third-order valence-electron chi connectivity index (χ3n) is 5.08. The SMILES string of the molecule is CCCNC(=S)Nc1nc(N2CCCC2)cc(N2C[C@H](C)C[C@H](C)C2)n1. The number of nitrogens with zero attached hydrogens (tertiary/aromatic N) is 4. The van der Waals surface area contributed by atoms with Gasteiger partial charge >= 0.3 is 0 Å². The van der Waals surface area contributed by atoms with E-state index in [1.165, 1.54) is 19.3 Å². The molecule has 1 aromatic heterocycles. The lowest BCUT2D eigenvalue weighted by Gasteiger charge is -2.36. The summed E-state index contributed by atoms with van der Waals surface area (Å²) >= 11 is 5.39. The average Bonchev–Trinajstić information content (AvgIpc) is 3.13. The van der Waals surface area contributed by atoms with Crippen molar-refractivity contribution < 1.29 is 0 Å². The summed E-state index contributed by atoms with van der Waals surface area (Å²) in [5, 5.41) is 6.98. The Morgan fingerprint density at radius 2 is 1.73 bits per heavy atom. The van der Waals surface area contributed by atoms with Crippen LogP contribution in [-0.4, -0.2) is 47.8 Å². The van der Waals surface area contributed by atoms with Crippen molar-refractivity contribution in [3.05, 3.63) is 6.07 Å². The van der Waals surface area contributed by atoms with Gasteiger partial charge in [-0.3, -0.25) is 0 Å². The van der Waals surface area contributed by atoms with Gasteiger partial charge < -0.3 is 20.4 Å². The van der Waals surface area contributed by atoms with Crippen molar-refractivity contribution in [3.63, 3.8) is 0 Å². The number of aromatic nitrogens is 2. The summed E-state index contributed by atoms with van der Waals surface area (Å²) in [6, 6.07) is 2.16. The molecule has 6 nitrogen and oxygen atoms in total. The van der Waals surface area contributed by atoms with Gasteiger partial charge in [0.05, 0.1) is 0 Å². The second kappa shape index (κ2) is 8.84. The van der Waals surface area contributed by atoms with Crippen LogP contribution in [-0.2, 0) is 0 Å². The molecule has 3 heterocycles. The average molecular weight is 377 g/mol. The quantitative estimate of drug-likeness (QED) is 0.765. The largest absolute Gasteiger partial charge is 0.362 e. The Kier molecular flexibility index (Phi) is 6.51. The molecule has 0 bridgehead atoms. The van der Waals surface area contributed by atoms with Gasteiger partial charge in [0, 0.05) is 38.8 Å². The first kappa shape index (κ1) is 19.1. The van der Waals surface area contributed by atoms with E-state index in [0.29, 0.717) is 22.9 Å². The molecule has 2 N–H and O–H groups in total. The van der Waals surface area contributed by atoms with Gasteiger partial charge in [-0.1, -0.05) is 20.8 Å². The zero-order chi connectivity index (χ0) is 18.5. The van der Waals surface area contributed by atoms with Gasteiger partial charge in [0.1, 0.15) is 11.6 Å². The van der Waals surface area contributed by atoms with Crippen LogP contribution in [0.3, 0.4) is 0 Å². The molecule has 0 saturated carbocycles. The zero-order valence-electron chi connectivity index (χ0n) is 16.3. The fourth-order valence-electron chi connectivity index (χ4n) is 3.98. The maximum Gasteiger partial charge on any atom is 0.232 e. The molecule has 0 aliphatic carbocycles. The molecule has 0 radical (unpaired) electrons. The molecule has 2 aliphatic heterocycles. The minimum atomic E-state index is 0.594. The van der Waals surface area contributed by atoms with Crippen molar-refractivity contribution in [2.75, 3.05) is 47.8 Å². The van der Waals surface area contributed by atoms with Crippen LogP contribution >= 0.6 is 12.2 Å². The van der Waals surface area contributed by atoms with Gasteiger partial charge in [-0.15, -0.1) is 0 Å². The van der Waals surface area contributed by atoms with E-state index in [1.807, 2.05) is 0 Å². The molecular weight excluding hydrogens is 344 g/mol. The van der Waals surface area contributed by atoms with Gasteiger partial charge in [0.2, 0.25) is 5.95 Å². The lowest BCUT2D eigenvalue weighted by Crippen LogP contribution is -2.39. The Balaban J connectivity index is 1.83. The topological polar surface area (TPSA) is 56.3 Å². The van der Waals surface area contributed by atoms with Crippen LogP contribution < -0.4 is 20.4 Å². The highest BCUT2D eigenvalue weighted by Crippen LogP contribution is 2.29. The highest BCUT2D eigenvalue weighted by Gasteiger charge is 2.25. The summed E-state index contributed by atoms with van der Waals surface area (Å²) in [6.45, 7) is 11.9. The standard InChI is InChI=1S/C19H32N6S/c1-4-7-20-19(26)23-18-21-16(24-8-5-6-9-24)11-17(22-18)25-12-14(2)10-15(3)13-25/h11,14-15H,4-10,12-13H2,1-3H3,(H2,20,21,22,23,26)/t14-,15+. The van der Waals surface area contributed by atoms with E-state index in [0.717, 1.165) is 50.8 Å². The van der Waals surface area contributed by atoms with Gasteiger partial charge in [0.15, 0.2) is 5.11 Å². The van der Waals surface area contributed by atoms with Gasteiger partial charge in [0.25, 0.3) is 0 Å². The molecule has 0 aromatic carbocycles. The summed E-state index contributed by atoms with van der Waals surface area (Å²) in [4.78, 5) is 14.3. The molecule has 0 spiro atoms. The Morgan fingerprint density at radius 1 is 1.12 bits per heavy atom. The summed E-state index contributed by atoms with van der Waals surface area (Å²) in [5.41, 5.74) is 0. The Bertz CT molecular complexity index is 606. The first-order valence-corrected chi connectivity index (χ1v) is 10.4. The third kappa shape index (κ3) is 4.96. The lowest BCUT2D eigenvalue weighted by molar-refractivity contribution is 0.355. The normalized spacial score (nSPS) is 23.2. The van der Waals surface area contributed by atoms with Gasteiger partial charge in [-0.25, -0.2) is 0 Å². The van der Waals surface area contributed by atoms with Crippen molar-refractivity contribution >= 4 is 34.9 Å². The maximum absolute atomic E-state index is 5.39. The molecule has 0 amide bonds. The van der Waals surface area contributed by atoms with Crippen LogP contribution in [0.1, 0.15) is 46.5 Å². The molecule has 7 heteroatoms. The van der Waals surface area contributed by atoms with Gasteiger partial charge in [-0.2, -0.15) is 9.97 Å².